The molecule has 1 aromatic carbocycles. The highest BCUT2D eigenvalue weighted by molar-refractivity contribution is 6.36. The molecule has 18 heavy (non-hydrogen) atoms. The number of amides is 1. The first-order valence-corrected chi connectivity index (χ1v) is 6.07. The Bertz CT molecular complexity index is 453. The number of carbonyl (C=O) groups excluding carboxylic acids is 1. The summed E-state index contributed by atoms with van der Waals surface area (Å²) in [5.74, 6) is -0.186. The molecule has 0 aromatic heterocycles. The van der Waals surface area contributed by atoms with E-state index in [9.17, 15) is 4.79 Å². The molecule has 2 rings (SSSR count). The molecule has 1 amide bonds. The molecule has 1 aliphatic heterocycles. The van der Waals surface area contributed by atoms with Crippen molar-refractivity contribution in [2.24, 2.45) is 0 Å². The third kappa shape index (κ3) is 2.58. The molecule has 0 spiro atoms. The topological polar surface area (TPSA) is 75.8 Å². The number of carbonyl (C=O) groups is 1. The number of rotatable bonds is 2. The first kappa shape index (κ1) is 13.1. The zero-order chi connectivity index (χ0) is 13.1. The lowest BCUT2D eigenvalue weighted by molar-refractivity contribution is -0.0447. The van der Waals surface area contributed by atoms with Crippen molar-refractivity contribution in [3.05, 3.63) is 28.8 Å². The van der Waals surface area contributed by atoms with E-state index in [0.717, 1.165) is 0 Å². The predicted octanol–water partition coefficient (Wildman–Crippen LogP) is 0.755. The lowest BCUT2D eigenvalue weighted by atomic mass is 10.1. The van der Waals surface area contributed by atoms with E-state index < -0.39 is 0 Å². The summed E-state index contributed by atoms with van der Waals surface area (Å²) < 4.78 is 5.30. The van der Waals surface area contributed by atoms with E-state index in [1.807, 2.05) is 0 Å². The third-order valence-electron chi connectivity index (χ3n) is 2.89. The van der Waals surface area contributed by atoms with Crippen LogP contribution in [0.3, 0.4) is 0 Å². The smallest absolute Gasteiger partial charge is 0.255 e. The number of benzene rings is 1. The van der Waals surface area contributed by atoms with Crippen LogP contribution in [-0.2, 0) is 4.74 Å². The van der Waals surface area contributed by atoms with Crippen LogP contribution in [0.4, 0.5) is 5.69 Å². The number of ether oxygens (including phenoxy) is 1. The van der Waals surface area contributed by atoms with E-state index in [-0.39, 0.29) is 23.6 Å². The Hall–Kier alpha value is -1.30. The minimum atomic E-state index is -0.331. The van der Waals surface area contributed by atoms with E-state index >= 15 is 0 Å². The van der Waals surface area contributed by atoms with Crippen molar-refractivity contribution in [3.8, 4) is 0 Å². The zero-order valence-corrected chi connectivity index (χ0v) is 10.6. The van der Waals surface area contributed by atoms with Gasteiger partial charge >= 0.3 is 0 Å². The summed E-state index contributed by atoms with van der Waals surface area (Å²) in [4.78, 5) is 13.9. The Morgan fingerprint density at radius 1 is 1.61 bits per heavy atom. The van der Waals surface area contributed by atoms with Gasteiger partial charge in [0.25, 0.3) is 5.91 Å². The SMILES string of the molecule is Nc1cccc(C(=O)N2CCOC(CO)C2)c1Cl. The Kier molecular flexibility index (Phi) is 4.06. The fourth-order valence-electron chi connectivity index (χ4n) is 1.90. The van der Waals surface area contributed by atoms with Crippen LogP contribution in [0.5, 0.6) is 0 Å². The molecule has 6 heteroatoms. The van der Waals surface area contributed by atoms with Crippen LogP contribution in [0, 0.1) is 0 Å². The molecule has 1 atom stereocenters. The van der Waals surface area contributed by atoms with Crippen molar-refractivity contribution in [1.29, 1.82) is 0 Å². The van der Waals surface area contributed by atoms with Gasteiger partial charge < -0.3 is 20.5 Å². The quantitative estimate of drug-likeness (QED) is 0.778. The maximum Gasteiger partial charge on any atom is 0.255 e. The molecule has 1 aliphatic rings. The Balaban J connectivity index is 2.18. The number of nitrogens with two attached hydrogens (primary N) is 1. The standard InChI is InChI=1S/C12H15ClN2O3/c13-11-9(2-1-3-10(11)14)12(17)15-4-5-18-8(6-15)7-16/h1-3,8,16H,4-7,14H2. The van der Waals surface area contributed by atoms with Gasteiger partial charge in [-0.05, 0) is 12.1 Å². The van der Waals surface area contributed by atoms with E-state index in [1.54, 1.807) is 23.1 Å². The Labute approximate surface area is 110 Å². The lowest BCUT2D eigenvalue weighted by Crippen LogP contribution is -2.47. The second-order valence-electron chi connectivity index (χ2n) is 4.14. The van der Waals surface area contributed by atoms with Gasteiger partial charge in [0.1, 0.15) is 0 Å². The van der Waals surface area contributed by atoms with Crippen LogP contribution in [0.1, 0.15) is 10.4 Å². The minimum Gasteiger partial charge on any atom is -0.398 e. The maximum atomic E-state index is 12.3. The minimum absolute atomic E-state index is 0.103. The van der Waals surface area contributed by atoms with Gasteiger partial charge in [0.15, 0.2) is 0 Å². The van der Waals surface area contributed by atoms with Gasteiger partial charge in [0.2, 0.25) is 0 Å². The van der Waals surface area contributed by atoms with E-state index in [2.05, 4.69) is 0 Å². The molecule has 1 aromatic rings. The van der Waals surface area contributed by atoms with E-state index in [1.165, 1.54) is 0 Å². The summed E-state index contributed by atoms with van der Waals surface area (Å²) in [7, 11) is 0. The van der Waals surface area contributed by atoms with Gasteiger partial charge in [-0.3, -0.25) is 4.79 Å². The first-order chi connectivity index (χ1) is 8.63. The van der Waals surface area contributed by atoms with Gasteiger partial charge in [-0.25, -0.2) is 0 Å². The van der Waals surface area contributed by atoms with Gasteiger partial charge in [0, 0.05) is 13.1 Å². The van der Waals surface area contributed by atoms with Crippen LogP contribution in [-0.4, -0.2) is 48.3 Å². The highest BCUT2D eigenvalue weighted by Gasteiger charge is 2.26. The second kappa shape index (κ2) is 5.56. The van der Waals surface area contributed by atoms with Crippen molar-refractivity contribution in [2.45, 2.75) is 6.10 Å². The van der Waals surface area contributed by atoms with Gasteiger partial charge in [0.05, 0.1) is 35.6 Å². The Morgan fingerprint density at radius 3 is 3.11 bits per heavy atom. The zero-order valence-electron chi connectivity index (χ0n) is 9.80. The molecule has 98 valence electrons. The number of morpholine rings is 1. The molecule has 0 radical (unpaired) electrons. The molecule has 1 unspecified atom stereocenters. The summed E-state index contributed by atoms with van der Waals surface area (Å²) in [6.45, 7) is 1.16. The number of hydrogen-bond acceptors (Lipinski definition) is 4. The number of aliphatic hydroxyl groups is 1. The molecule has 3 N–H and O–H groups in total. The first-order valence-electron chi connectivity index (χ1n) is 5.69. The Morgan fingerprint density at radius 2 is 2.39 bits per heavy atom. The number of anilines is 1. The maximum absolute atomic E-state index is 12.3. The average molecular weight is 271 g/mol. The lowest BCUT2D eigenvalue weighted by Gasteiger charge is -2.32. The molecule has 0 saturated carbocycles. The van der Waals surface area contributed by atoms with Crippen molar-refractivity contribution in [3.63, 3.8) is 0 Å². The highest BCUT2D eigenvalue weighted by atomic mass is 35.5. The average Bonchev–Trinajstić information content (AvgIpc) is 2.41. The van der Waals surface area contributed by atoms with Gasteiger partial charge in [-0.15, -0.1) is 0 Å². The predicted molar refractivity (Wildman–Crippen MR) is 68.6 cm³/mol. The highest BCUT2D eigenvalue weighted by Crippen LogP contribution is 2.24. The van der Waals surface area contributed by atoms with Crippen LogP contribution >= 0.6 is 11.6 Å². The normalized spacial score (nSPS) is 19.9. The molecule has 1 heterocycles. The molecular formula is C12H15ClN2O3. The number of hydrogen-bond donors (Lipinski definition) is 2. The van der Waals surface area contributed by atoms with Crippen LogP contribution in [0.25, 0.3) is 0 Å². The molecule has 5 nitrogen and oxygen atoms in total. The number of aliphatic hydroxyl groups excluding tert-OH is 1. The summed E-state index contributed by atoms with van der Waals surface area (Å²) in [5.41, 5.74) is 6.44. The van der Waals surface area contributed by atoms with Gasteiger partial charge in [-0.1, -0.05) is 17.7 Å². The van der Waals surface area contributed by atoms with Gasteiger partial charge in [-0.2, -0.15) is 0 Å². The van der Waals surface area contributed by atoms with Crippen LogP contribution < -0.4 is 5.73 Å². The molecule has 1 saturated heterocycles. The molecular weight excluding hydrogens is 256 g/mol. The molecule has 0 bridgehead atoms. The number of nitrogens with zero attached hydrogens (tertiary/aromatic N) is 1. The molecule has 1 fully saturated rings. The van der Waals surface area contributed by atoms with Crippen molar-refractivity contribution in [2.75, 3.05) is 32.0 Å². The van der Waals surface area contributed by atoms with Crippen molar-refractivity contribution < 1.29 is 14.6 Å². The summed E-state index contributed by atoms with van der Waals surface area (Å²) in [5, 5.41) is 9.32. The third-order valence-corrected chi connectivity index (χ3v) is 3.31. The van der Waals surface area contributed by atoms with E-state index in [0.29, 0.717) is 30.9 Å². The van der Waals surface area contributed by atoms with E-state index in [4.69, 9.17) is 27.2 Å². The summed E-state index contributed by atoms with van der Waals surface area (Å²) in [6.07, 6.45) is -0.331. The fraction of sp³-hybridized carbons (Fsp3) is 0.417. The number of nitrogen functional groups attached to an aromatic ring is 1. The monoisotopic (exact) mass is 270 g/mol. The summed E-state index contributed by atoms with van der Waals surface area (Å²) in [6, 6.07) is 4.98. The van der Waals surface area contributed by atoms with Crippen LogP contribution in [0.15, 0.2) is 18.2 Å². The summed E-state index contributed by atoms with van der Waals surface area (Å²) >= 11 is 6.02. The largest absolute Gasteiger partial charge is 0.398 e. The number of halogens is 1. The molecule has 0 aliphatic carbocycles. The van der Waals surface area contributed by atoms with Crippen molar-refractivity contribution in [1.82, 2.24) is 4.90 Å². The van der Waals surface area contributed by atoms with Crippen LogP contribution in [0.2, 0.25) is 5.02 Å². The fourth-order valence-corrected chi connectivity index (χ4v) is 2.11. The second-order valence-corrected chi connectivity index (χ2v) is 4.51. The van der Waals surface area contributed by atoms with Crippen molar-refractivity contribution >= 4 is 23.2 Å².